The minimum atomic E-state index is -1.54. The number of fused-ring (bicyclic) bond motifs is 3. The van der Waals surface area contributed by atoms with Crippen LogP contribution in [0.3, 0.4) is 0 Å². The predicted octanol–water partition coefficient (Wildman–Crippen LogP) is 8.46. The van der Waals surface area contributed by atoms with Gasteiger partial charge in [0.2, 0.25) is 0 Å². The van der Waals surface area contributed by atoms with E-state index < -0.39 is 8.07 Å². The van der Waals surface area contributed by atoms with Crippen molar-refractivity contribution >= 4 is 35.2 Å². The molecule has 0 saturated carbocycles. The van der Waals surface area contributed by atoms with E-state index in [4.69, 9.17) is 4.42 Å². The molecule has 0 unspecified atom stereocenters. The molecule has 199 valence electrons. The average Bonchev–Trinajstić information content (AvgIpc) is 3.28. The van der Waals surface area contributed by atoms with Crippen molar-refractivity contribution in [3.63, 3.8) is 0 Å². The number of hydrogen-bond donors (Lipinski definition) is 0. The standard InChI is InChI=1S/C22H22NOSi.C12H10N.Ir/c1-14-12-15(2)21(23-13-14)17-10-11-19(25(3,4)5)20-16-8-6-7-9-18(16)24-22(17)20;1-10-7-8-13-12(9-10)11-5-3-2-4-6-11;/h6-9,11-13H,1-5H3;2-5,7-9H,1H3;/q2*-1;. The molecule has 0 aliphatic heterocycles. The zero-order chi connectivity index (χ0) is 26.9. The molecule has 0 spiro atoms. The van der Waals surface area contributed by atoms with Crippen LogP contribution in [-0.2, 0) is 20.1 Å². The van der Waals surface area contributed by atoms with Crippen molar-refractivity contribution in [2.45, 2.75) is 40.4 Å². The van der Waals surface area contributed by atoms with E-state index in [9.17, 15) is 0 Å². The van der Waals surface area contributed by atoms with Gasteiger partial charge in [-0.25, -0.2) is 0 Å². The molecular formula is C34H32IrN2OSi-2. The van der Waals surface area contributed by atoms with Crippen molar-refractivity contribution in [3.8, 4) is 22.5 Å². The number of aromatic nitrogens is 2. The van der Waals surface area contributed by atoms with Crippen LogP contribution in [0, 0.1) is 32.9 Å². The minimum Gasteiger partial charge on any atom is -0.501 e. The number of furan rings is 1. The Hall–Kier alpha value is -3.37. The summed E-state index contributed by atoms with van der Waals surface area (Å²) in [5.74, 6) is 0. The number of pyridine rings is 2. The summed E-state index contributed by atoms with van der Waals surface area (Å²) < 4.78 is 6.31. The van der Waals surface area contributed by atoms with E-state index in [1.165, 1.54) is 27.1 Å². The van der Waals surface area contributed by atoms with Gasteiger partial charge < -0.3 is 14.4 Å². The van der Waals surface area contributed by atoms with Gasteiger partial charge in [-0.2, -0.15) is 0 Å². The van der Waals surface area contributed by atoms with E-state index in [0.29, 0.717) is 0 Å². The summed E-state index contributed by atoms with van der Waals surface area (Å²) in [6.45, 7) is 13.3. The van der Waals surface area contributed by atoms with E-state index in [-0.39, 0.29) is 20.1 Å². The third kappa shape index (κ3) is 6.12. The number of rotatable bonds is 3. The Labute approximate surface area is 245 Å². The molecule has 6 rings (SSSR count). The fourth-order valence-electron chi connectivity index (χ4n) is 4.75. The summed E-state index contributed by atoms with van der Waals surface area (Å²) >= 11 is 0. The summed E-state index contributed by atoms with van der Waals surface area (Å²) in [6.07, 6.45) is 3.74. The van der Waals surface area contributed by atoms with Crippen molar-refractivity contribution in [3.05, 3.63) is 114 Å². The second kappa shape index (κ2) is 11.8. The molecule has 0 atom stereocenters. The number of aryl methyl sites for hydroxylation is 3. The van der Waals surface area contributed by atoms with Crippen molar-refractivity contribution in [2.75, 3.05) is 0 Å². The summed E-state index contributed by atoms with van der Waals surface area (Å²) in [5.41, 5.74) is 9.35. The molecule has 1 radical (unpaired) electrons. The first-order valence-corrected chi connectivity index (χ1v) is 16.4. The maximum atomic E-state index is 6.31. The van der Waals surface area contributed by atoms with Gasteiger partial charge in [0.15, 0.2) is 0 Å². The topological polar surface area (TPSA) is 38.9 Å². The molecule has 0 amide bonds. The van der Waals surface area contributed by atoms with Gasteiger partial charge in [-0.05, 0) is 49.9 Å². The second-order valence-corrected chi connectivity index (χ2v) is 15.8. The van der Waals surface area contributed by atoms with E-state index in [1.54, 1.807) is 0 Å². The molecule has 0 bridgehead atoms. The Bertz CT molecular complexity index is 1740. The van der Waals surface area contributed by atoms with Crippen LogP contribution in [0.25, 0.3) is 44.5 Å². The fraction of sp³-hybridized carbons (Fsp3) is 0.176. The number of benzene rings is 3. The van der Waals surface area contributed by atoms with Gasteiger partial charge in [0.25, 0.3) is 0 Å². The van der Waals surface area contributed by atoms with Crippen molar-refractivity contribution in [1.82, 2.24) is 9.97 Å². The van der Waals surface area contributed by atoms with E-state index in [2.05, 4.69) is 92.8 Å². The molecule has 0 aliphatic rings. The third-order valence-corrected chi connectivity index (χ3v) is 8.62. The van der Waals surface area contributed by atoms with Crippen molar-refractivity contribution < 1.29 is 24.5 Å². The molecule has 3 aromatic heterocycles. The normalized spacial score (nSPS) is 11.1. The molecule has 0 fully saturated rings. The quantitative estimate of drug-likeness (QED) is 0.137. The molecular weight excluding hydrogens is 673 g/mol. The summed E-state index contributed by atoms with van der Waals surface area (Å²) in [5, 5.41) is 3.82. The Morgan fingerprint density at radius 1 is 0.821 bits per heavy atom. The Balaban J connectivity index is 0.000000213. The Kier molecular flexibility index (Phi) is 8.66. The van der Waals surface area contributed by atoms with Crippen LogP contribution in [0.5, 0.6) is 0 Å². The van der Waals surface area contributed by atoms with Crippen LogP contribution < -0.4 is 5.19 Å². The van der Waals surface area contributed by atoms with Gasteiger partial charge >= 0.3 is 0 Å². The first-order chi connectivity index (χ1) is 18.2. The summed E-state index contributed by atoms with van der Waals surface area (Å²) in [7, 11) is -1.54. The van der Waals surface area contributed by atoms with Crippen molar-refractivity contribution in [2.24, 2.45) is 0 Å². The van der Waals surface area contributed by atoms with Crippen molar-refractivity contribution in [1.29, 1.82) is 0 Å². The molecule has 0 aliphatic carbocycles. The van der Waals surface area contributed by atoms with Gasteiger partial charge in [-0.3, -0.25) is 0 Å². The zero-order valence-electron chi connectivity index (χ0n) is 23.2. The third-order valence-electron chi connectivity index (χ3n) is 6.61. The van der Waals surface area contributed by atoms with Crippen LogP contribution in [-0.4, -0.2) is 18.0 Å². The molecule has 0 saturated heterocycles. The van der Waals surface area contributed by atoms with Gasteiger partial charge in [0.1, 0.15) is 5.58 Å². The number of para-hydroxylation sites is 1. The maximum Gasteiger partial charge on any atom is 0.120 e. The molecule has 3 heterocycles. The fourth-order valence-corrected chi connectivity index (χ4v) is 6.25. The monoisotopic (exact) mass is 705 g/mol. The van der Waals surface area contributed by atoms with Crippen LogP contribution in [0.1, 0.15) is 16.7 Å². The zero-order valence-corrected chi connectivity index (χ0v) is 26.6. The molecule has 39 heavy (non-hydrogen) atoms. The molecule has 3 nitrogen and oxygen atoms in total. The van der Waals surface area contributed by atoms with Crippen LogP contribution in [0.2, 0.25) is 19.6 Å². The molecule has 3 aromatic carbocycles. The van der Waals surface area contributed by atoms with Crippen LogP contribution in [0.15, 0.2) is 89.6 Å². The van der Waals surface area contributed by atoms with Gasteiger partial charge in [0, 0.05) is 46.0 Å². The van der Waals surface area contributed by atoms with E-state index >= 15 is 0 Å². The van der Waals surface area contributed by atoms with E-state index in [0.717, 1.165) is 39.2 Å². The SMILES string of the molecule is Cc1ccnc(-c2[c-]cccc2)c1.Cc1cnc(-c2[c-]cc([Si](C)(C)C)c3c2oc2ccccc23)c(C)c1.[Ir]. The average molecular weight is 705 g/mol. The predicted molar refractivity (Wildman–Crippen MR) is 161 cm³/mol. The Morgan fingerprint density at radius 2 is 1.59 bits per heavy atom. The van der Waals surface area contributed by atoms with E-state index in [1.807, 2.05) is 54.9 Å². The second-order valence-electron chi connectivity index (χ2n) is 10.8. The maximum absolute atomic E-state index is 6.31. The first-order valence-electron chi connectivity index (χ1n) is 12.9. The number of hydrogen-bond acceptors (Lipinski definition) is 3. The van der Waals surface area contributed by atoms with Gasteiger partial charge in [-0.1, -0.05) is 72.0 Å². The molecule has 5 heteroatoms. The van der Waals surface area contributed by atoms with Gasteiger partial charge in [-0.15, -0.1) is 53.2 Å². The van der Waals surface area contributed by atoms with Gasteiger partial charge in [0.05, 0.1) is 5.58 Å². The van der Waals surface area contributed by atoms with Crippen LogP contribution >= 0.6 is 0 Å². The number of nitrogens with zero attached hydrogens (tertiary/aromatic N) is 2. The Morgan fingerprint density at radius 3 is 2.28 bits per heavy atom. The minimum absolute atomic E-state index is 0. The summed E-state index contributed by atoms with van der Waals surface area (Å²) in [4.78, 5) is 8.96. The smallest absolute Gasteiger partial charge is 0.120 e. The van der Waals surface area contributed by atoms with Crippen LogP contribution in [0.4, 0.5) is 0 Å². The largest absolute Gasteiger partial charge is 0.501 e. The first kappa shape index (κ1) is 28.6. The molecule has 6 aromatic rings. The molecule has 0 N–H and O–H groups in total. The summed E-state index contributed by atoms with van der Waals surface area (Å²) in [6, 6.07) is 31.2.